The van der Waals surface area contributed by atoms with Crippen LogP contribution in [0.15, 0.2) is 54.6 Å². The van der Waals surface area contributed by atoms with Crippen molar-refractivity contribution < 1.29 is 9.53 Å². The van der Waals surface area contributed by atoms with Crippen LogP contribution in [0.2, 0.25) is 0 Å². The topological polar surface area (TPSA) is 48.0 Å². The minimum absolute atomic E-state index is 0.138. The van der Waals surface area contributed by atoms with Gasteiger partial charge in [0.15, 0.2) is 0 Å². The summed E-state index contributed by atoms with van der Waals surface area (Å²) in [6.45, 7) is 4.86. The minimum atomic E-state index is 0.138. The van der Waals surface area contributed by atoms with Gasteiger partial charge in [0.25, 0.3) is 0 Å². The first kappa shape index (κ1) is 22.6. The highest BCUT2D eigenvalue weighted by Crippen LogP contribution is 2.30. The smallest absolute Gasteiger partial charge is 0.324 e. The molecule has 6 heteroatoms. The SMILES string of the molecule is CC(CN(C)C)NC1CCC(N2CCN(c3ccc(Oc4ccccc4)cc3)C2=O)CC1. The Morgan fingerprint density at radius 3 is 2.28 bits per heavy atom. The average Bonchev–Trinajstić information content (AvgIpc) is 3.16. The molecular formula is C26H36N4O2. The van der Waals surface area contributed by atoms with Gasteiger partial charge in [-0.05, 0) is 83.1 Å². The van der Waals surface area contributed by atoms with Crippen molar-refractivity contribution in [1.29, 1.82) is 0 Å². The Bertz CT molecular complexity index is 863. The number of urea groups is 1. The van der Waals surface area contributed by atoms with E-state index < -0.39 is 0 Å². The molecule has 172 valence electrons. The molecule has 1 aliphatic carbocycles. The van der Waals surface area contributed by atoms with Gasteiger partial charge in [-0.15, -0.1) is 0 Å². The molecule has 1 unspecified atom stereocenters. The zero-order valence-electron chi connectivity index (χ0n) is 19.5. The lowest BCUT2D eigenvalue weighted by molar-refractivity contribution is 0.168. The second-order valence-corrected chi connectivity index (χ2v) is 9.37. The monoisotopic (exact) mass is 436 g/mol. The first-order valence-electron chi connectivity index (χ1n) is 11.8. The van der Waals surface area contributed by atoms with Crippen molar-refractivity contribution in [3.8, 4) is 11.5 Å². The van der Waals surface area contributed by atoms with Gasteiger partial charge in [0.2, 0.25) is 0 Å². The van der Waals surface area contributed by atoms with Gasteiger partial charge in [0, 0.05) is 43.4 Å². The molecule has 1 aliphatic heterocycles. The van der Waals surface area contributed by atoms with Crippen LogP contribution < -0.4 is 15.0 Å². The molecule has 1 saturated heterocycles. The number of benzene rings is 2. The first-order valence-corrected chi connectivity index (χ1v) is 11.8. The third-order valence-electron chi connectivity index (χ3n) is 6.47. The number of carbonyl (C=O) groups excluding carboxylic acids is 1. The second kappa shape index (κ2) is 10.4. The van der Waals surface area contributed by atoms with E-state index in [2.05, 4.69) is 36.1 Å². The van der Waals surface area contributed by atoms with Crippen molar-refractivity contribution in [3.63, 3.8) is 0 Å². The molecule has 32 heavy (non-hydrogen) atoms. The average molecular weight is 437 g/mol. The molecular weight excluding hydrogens is 400 g/mol. The van der Waals surface area contributed by atoms with E-state index in [1.807, 2.05) is 59.5 Å². The number of ether oxygens (including phenoxy) is 1. The van der Waals surface area contributed by atoms with E-state index >= 15 is 0 Å². The highest BCUT2D eigenvalue weighted by molar-refractivity contribution is 5.94. The summed E-state index contributed by atoms with van der Waals surface area (Å²) in [5, 5.41) is 3.76. The number of rotatable bonds is 8. The molecule has 4 rings (SSSR count). The van der Waals surface area contributed by atoms with E-state index in [-0.39, 0.29) is 6.03 Å². The Morgan fingerprint density at radius 2 is 1.62 bits per heavy atom. The van der Waals surface area contributed by atoms with Gasteiger partial charge in [0.1, 0.15) is 11.5 Å². The van der Waals surface area contributed by atoms with Crippen molar-refractivity contribution in [2.75, 3.05) is 38.6 Å². The van der Waals surface area contributed by atoms with Crippen LogP contribution in [0.5, 0.6) is 11.5 Å². The number of anilines is 1. The van der Waals surface area contributed by atoms with Crippen molar-refractivity contribution in [3.05, 3.63) is 54.6 Å². The Labute approximate surface area is 192 Å². The maximum Gasteiger partial charge on any atom is 0.324 e. The Balaban J connectivity index is 1.29. The van der Waals surface area contributed by atoms with E-state index in [1.165, 1.54) is 0 Å². The fraction of sp³-hybridized carbons (Fsp3) is 0.500. The Morgan fingerprint density at radius 1 is 0.969 bits per heavy atom. The van der Waals surface area contributed by atoms with Crippen LogP contribution in [0.3, 0.4) is 0 Å². The van der Waals surface area contributed by atoms with Crippen molar-refractivity contribution in [2.24, 2.45) is 0 Å². The van der Waals surface area contributed by atoms with Gasteiger partial charge in [-0.3, -0.25) is 4.90 Å². The zero-order valence-corrected chi connectivity index (χ0v) is 19.5. The molecule has 6 nitrogen and oxygen atoms in total. The molecule has 1 atom stereocenters. The molecule has 2 aliphatic rings. The van der Waals surface area contributed by atoms with Gasteiger partial charge < -0.3 is 19.9 Å². The van der Waals surface area contributed by atoms with E-state index in [4.69, 9.17) is 4.74 Å². The van der Waals surface area contributed by atoms with Crippen LogP contribution in [0.4, 0.5) is 10.5 Å². The summed E-state index contributed by atoms with van der Waals surface area (Å²) < 4.78 is 5.88. The molecule has 2 aromatic rings. The summed E-state index contributed by atoms with van der Waals surface area (Å²) >= 11 is 0. The molecule has 0 bridgehead atoms. The fourth-order valence-corrected chi connectivity index (χ4v) is 5.01. The lowest BCUT2D eigenvalue weighted by Crippen LogP contribution is -2.47. The standard InChI is InChI=1S/C26H36N4O2/c1-20(19-28(2)3)27-21-9-11-22(12-10-21)29-17-18-30(26(29)31)23-13-15-25(16-14-23)32-24-7-5-4-6-8-24/h4-8,13-16,20-22,27H,9-12,17-19H2,1-3H3. The molecule has 2 aromatic carbocycles. The number of amides is 2. The molecule has 1 N–H and O–H groups in total. The summed E-state index contributed by atoms with van der Waals surface area (Å²) in [6, 6.07) is 19.1. The highest BCUT2D eigenvalue weighted by atomic mass is 16.5. The van der Waals surface area contributed by atoms with Gasteiger partial charge in [-0.1, -0.05) is 18.2 Å². The summed E-state index contributed by atoms with van der Waals surface area (Å²) in [6.07, 6.45) is 4.43. The number of nitrogens with zero attached hydrogens (tertiary/aromatic N) is 3. The number of carbonyl (C=O) groups is 1. The predicted molar refractivity (Wildman–Crippen MR) is 130 cm³/mol. The Kier molecular flexibility index (Phi) is 7.33. The van der Waals surface area contributed by atoms with Crippen LogP contribution in [-0.4, -0.2) is 67.7 Å². The van der Waals surface area contributed by atoms with Gasteiger partial charge in [0.05, 0.1) is 0 Å². The molecule has 0 aromatic heterocycles. The van der Waals surface area contributed by atoms with Crippen molar-refractivity contribution >= 4 is 11.7 Å². The molecule has 0 spiro atoms. The van der Waals surface area contributed by atoms with Crippen LogP contribution in [0, 0.1) is 0 Å². The Hall–Kier alpha value is -2.57. The van der Waals surface area contributed by atoms with Crippen LogP contribution in [-0.2, 0) is 0 Å². The zero-order chi connectivity index (χ0) is 22.5. The first-order chi connectivity index (χ1) is 15.5. The van der Waals surface area contributed by atoms with Crippen LogP contribution in [0.1, 0.15) is 32.6 Å². The van der Waals surface area contributed by atoms with Gasteiger partial charge >= 0.3 is 6.03 Å². The minimum Gasteiger partial charge on any atom is -0.457 e. The third-order valence-corrected chi connectivity index (χ3v) is 6.47. The van der Waals surface area contributed by atoms with Crippen molar-refractivity contribution in [2.45, 2.75) is 50.7 Å². The van der Waals surface area contributed by atoms with Crippen LogP contribution in [0.25, 0.3) is 0 Å². The maximum absolute atomic E-state index is 13.2. The molecule has 1 heterocycles. The maximum atomic E-state index is 13.2. The predicted octanol–water partition coefficient (Wildman–Crippen LogP) is 4.57. The van der Waals surface area contributed by atoms with Gasteiger partial charge in [-0.25, -0.2) is 4.79 Å². The number of hydrogen-bond acceptors (Lipinski definition) is 4. The lowest BCUT2D eigenvalue weighted by atomic mass is 9.90. The van der Waals surface area contributed by atoms with E-state index in [1.54, 1.807) is 0 Å². The largest absolute Gasteiger partial charge is 0.457 e. The molecule has 2 fully saturated rings. The third kappa shape index (κ3) is 5.61. The van der Waals surface area contributed by atoms with Crippen molar-refractivity contribution in [1.82, 2.24) is 15.1 Å². The quantitative estimate of drug-likeness (QED) is 0.658. The number of nitrogens with one attached hydrogen (secondary N) is 1. The van der Waals surface area contributed by atoms with E-state index in [0.717, 1.165) is 62.5 Å². The van der Waals surface area contributed by atoms with Gasteiger partial charge in [-0.2, -0.15) is 0 Å². The highest BCUT2D eigenvalue weighted by Gasteiger charge is 2.36. The number of likely N-dealkylation sites (N-methyl/N-ethyl adjacent to an activating group) is 1. The lowest BCUT2D eigenvalue weighted by Gasteiger charge is -2.36. The number of para-hydroxylation sites is 1. The molecule has 2 amide bonds. The summed E-state index contributed by atoms with van der Waals surface area (Å²) in [5.41, 5.74) is 0.936. The van der Waals surface area contributed by atoms with Crippen LogP contribution >= 0.6 is 0 Å². The number of hydrogen-bond donors (Lipinski definition) is 1. The molecule has 1 saturated carbocycles. The fourth-order valence-electron chi connectivity index (χ4n) is 5.01. The molecule has 0 radical (unpaired) electrons. The summed E-state index contributed by atoms with van der Waals surface area (Å²) in [4.78, 5) is 19.4. The summed E-state index contributed by atoms with van der Waals surface area (Å²) in [7, 11) is 4.23. The second-order valence-electron chi connectivity index (χ2n) is 9.37. The normalized spacial score (nSPS) is 22.4. The summed E-state index contributed by atoms with van der Waals surface area (Å²) in [5.74, 6) is 1.59. The van der Waals surface area contributed by atoms with E-state index in [0.29, 0.717) is 18.1 Å². The van der Waals surface area contributed by atoms with E-state index in [9.17, 15) is 4.79 Å².